The summed E-state index contributed by atoms with van der Waals surface area (Å²) in [5.74, 6) is 0.294. The maximum Gasteiger partial charge on any atom is 0.164 e. The van der Waals surface area contributed by atoms with Gasteiger partial charge in [-0.3, -0.25) is 4.79 Å². The number of hydrogen-bond donors (Lipinski definition) is 0. The molecule has 0 heterocycles. The van der Waals surface area contributed by atoms with E-state index in [4.69, 9.17) is 0 Å². The van der Waals surface area contributed by atoms with Crippen molar-refractivity contribution >= 4 is 17.4 Å². The van der Waals surface area contributed by atoms with Gasteiger partial charge in [-0.25, -0.2) is 0 Å². The minimum atomic E-state index is -0.341. The summed E-state index contributed by atoms with van der Waals surface area (Å²) in [4.78, 5) is 13.1. The van der Waals surface area contributed by atoms with Crippen molar-refractivity contribution in [1.29, 1.82) is 0 Å². The normalized spacial score (nSPS) is 15.9. The summed E-state index contributed by atoms with van der Waals surface area (Å²) in [6, 6.07) is 20.9. The predicted octanol–water partition coefficient (Wildman–Crippen LogP) is 6.71. The lowest BCUT2D eigenvalue weighted by atomic mass is 9.76. The highest BCUT2D eigenvalue weighted by Gasteiger charge is 2.29. The van der Waals surface area contributed by atoms with Crippen molar-refractivity contribution in [2.75, 3.05) is 0 Å². The van der Waals surface area contributed by atoms with E-state index in [1.165, 1.54) is 22.3 Å². The predicted molar refractivity (Wildman–Crippen MR) is 111 cm³/mol. The summed E-state index contributed by atoms with van der Waals surface area (Å²) in [5.41, 5.74) is 5.50. The van der Waals surface area contributed by atoms with Crippen molar-refractivity contribution in [2.45, 2.75) is 46.5 Å². The fourth-order valence-corrected chi connectivity index (χ4v) is 3.58. The van der Waals surface area contributed by atoms with Crippen LogP contribution in [0.25, 0.3) is 11.6 Å². The van der Waals surface area contributed by atoms with E-state index < -0.39 is 0 Å². The molecule has 0 aromatic heterocycles. The van der Waals surface area contributed by atoms with Gasteiger partial charge in [0.25, 0.3) is 0 Å². The van der Waals surface area contributed by atoms with E-state index in [9.17, 15) is 4.79 Å². The Morgan fingerprint density at radius 3 is 1.92 bits per heavy atom. The molecule has 0 spiro atoms. The lowest BCUT2D eigenvalue weighted by Gasteiger charge is -2.27. The molecular weight excluding hydrogens is 316 g/mol. The second-order valence-electron chi connectivity index (χ2n) is 8.08. The van der Waals surface area contributed by atoms with Crippen LogP contribution in [-0.4, -0.2) is 5.78 Å². The number of rotatable bonds is 4. The highest BCUT2D eigenvalue weighted by Crippen LogP contribution is 2.39. The number of allylic oxidation sites excluding steroid dienone is 3. The number of carbonyl (C=O) groups excluding carboxylic acids is 1. The van der Waals surface area contributed by atoms with Crippen molar-refractivity contribution in [3.8, 4) is 0 Å². The SMILES string of the molecule is CC(C)(C)C(=O)C1=C(/C(=C\c2ccccc2)c2ccccc2)CCCC1. The van der Waals surface area contributed by atoms with E-state index in [-0.39, 0.29) is 5.41 Å². The number of benzene rings is 2. The molecular formula is C25H28O. The van der Waals surface area contributed by atoms with Gasteiger partial charge in [-0.15, -0.1) is 0 Å². The summed E-state index contributed by atoms with van der Waals surface area (Å²) in [6.07, 6.45) is 6.37. The maximum atomic E-state index is 13.1. The number of carbonyl (C=O) groups is 1. The van der Waals surface area contributed by atoms with Gasteiger partial charge >= 0.3 is 0 Å². The molecule has 0 radical (unpaired) electrons. The minimum Gasteiger partial charge on any atom is -0.294 e. The molecule has 0 saturated carbocycles. The van der Waals surface area contributed by atoms with Gasteiger partial charge in [0.15, 0.2) is 5.78 Å². The fourth-order valence-electron chi connectivity index (χ4n) is 3.58. The largest absolute Gasteiger partial charge is 0.294 e. The molecule has 0 unspecified atom stereocenters. The van der Waals surface area contributed by atoms with Crippen LogP contribution in [0, 0.1) is 5.41 Å². The molecule has 1 aliphatic carbocycles. The van der Waals surface area contributed by atoms with E-state index in [1.807, 2.05) is 32.9 Å². The van der Waals surface area contributed by atoms with Gasteiger partial charge in [-0.1, -0.05) is 81.4 Å². The molecule has 1 heteroatoms. The molecule has 0 fully saturated rings. The minimum absolute atomic E-state index is 0.294. The molecule has 0 N–H and O–H groups in total. The van der Waals surface area contributed by atoms with Crippen LogP contribution in [0.1, 0.15) is 57.6 Å². The first-order chi connectivity index (χ1) is 12.5. The van der Waals surface area contributed by atoms with Crippen molar-refractivity contribution in [3.63, 3.8) is 0 Å². The molecule has 0 aliphatic heterocycles. The first-order valence-electron chi connectivity index (χ1n) is 9.56. The maximum absolute atomic E-state index is 13.1. The summed E-state index contributed by atoms with van der Waals surface area (Å²) < 4.78 is 0. The van der Waals surface area contributed by atoms with Crippen LogP contribution >= 0.6 is 0 Å². The third kappa shape index (κ3) is 4.22. The van der Waals surface area contributed by atoms with E-state index in [0.717, 1.165) is 31.3 Å². The quantitative estimate of drug-likeness (QED) is 0.563. The Hall–Kier alpha value is -2.41. The van der Waals surface area contributed by atoms with E-state index in [0.29, 0.717) is 5.78 Å². The Morgan fingerprint density at radius 2 is 1.35 bits per heavy atom. The zero-order chi connectivity index (χ0) is 18.6. The molecule has 3 rings (SSSR count). The molecule has 1 aliphatic rings. The summed E-state index contributed by atoms with van der Waals surface area (Å²) >= 11 is 0. The summed E-state index contributed by atoms with van der Waals surface area (Å²) in [7, 11) is 0. The molecule has 26 heavy (non-hydrogen) atoms. The van der Waals surface area contributed by atoms with Crippen molar-refractivity contribution in [2.24, 2.45) is 5.41 Å². The smallest absolute Gasteiger partial charge is 0.164 e. The monoisotopic (exact) mass is 344 g/mol. The lowest BCUT2D eigenvalue weighted by Crippen LogP contribution is -2.24. The van der Waals surface area contributed by atoms with Gasteiger partial charge in [0.05, 0.1) is 0 Å². The van der Waals surface area contributed by atoms with E-state index in [2.05, 4.69) is 54.6 Å². The molecule has 1 nitrogen and oxygen atoms in total. The molecule has 0 saturated heterocycles. The van der Waals surface area contributed by atoms with Gasteiger partial charge in [-0.2, -0.15) is 0 Å². The van der Waals surface area contributed by atoms with Crippen LogP contribution in [0.2, 0.25) is 0 Å². The van der Waals surface area contributed by atoms with Crippen molar-refractivity contribution in [3.05, 3.63) is 82.9 Å². The number of ketones is 1. The van der Waals surface area contributed by atoms with Crippen molar-refractivity contribution < 1.29 is 4.79 Å². The molecule has 2 aromatic carbocycles. The van der Waals surface area contributed by atoms with E-state index >= 15 is 0 Å². The van der Waals surface area contributed by atoms with E-state index in [1.54, 1.807) is 0 Å². The lowest BCUT2D eigenvalue weighted by molar-refractivity contribution is -0.122. The first-order valence-corrected chi connectivity index (χ1v) is 9.56. The first kappa shape index (κ1) is 18.4. The molecule has 0 atom stereocenters. The molecule has 2 aromatic rings. The summed E-state index contributed by atoms with van der Waals surface area (Å²) in [5, 5.41) is 0. The zero-order valence-electron chi connectivity index (χ0n) is 16.1. The van der Waals surface area contributed by atoms with Crippen LogP contribution in [0.4, 0.5) is 0 Å². The van der Waals surface area contributed by atoms with Crippen LogP contribution in [0.3, 0.4) is 0 Å². The Labute approximate surface area is 157 Å². The van der Waals surface area contributed by atoms with Crippen LogP contribution in [0.15, 0.2) is 71.8 Å². The second-order valence-corrected chi connectivity index (χ2v) is 8.08. The van der Waals surface area contributed by atoms with Crippen LogP contribution in [-0.2, 0) is 4.79 Å². The van der Waals surface area contributed by atoms with Gasteiger partial charge < -0.3 is 0 Å². The van der Waals surface area contributed by atoms with Gasteiger partial charge in [0.1, 0.15) is 0 Å². The van der Waals surface area contributed by atoms with Crippen LogP contribution < -0.4 is 0 Å². The molecule has 0 bridgehead atoms. The topological polar surface area (TPSA) is 17.1 Å². The van der Waals surface area contributed by atoms with Gasteiger partial charge in [-0.05, 0) is 59.6 Å². The van der Waals surface area contributed by atoms with Gasteiger partial charge in [0, 0.05) is 5.41 Å². The Kier molecular flexibility index (Phi) is 5.56. The Morgan fingerprint density at radius 1 is 0.808 bits per heavy atom. The van der Waals surface area contributed by atoms with Gasteiger partial charge in [0.2, 0.25) is 0 Å². The second kappa shape index (κ2) is 7.86. The summed E-state index contributed by atoms with van der Waals surface area (Å²) in [6.45, 7) is 6.08. The van der Waals surface area contributed by atoms with Crippen LogP contribution in [0.5, 0.6) is 0 Å². The highest BCUT2D eigenvalue weighted by molar-refractivity contribution is 6.05. The molecule has 134 valence electrons. The average molecular weight is 344 g/mol. The molecule has 0 amide bonds. The third-order valence-corrected chi connectivity index (χ3v) is 4.94. The number of hydrogen-bond acceptors (Lipinski definition) is 1. The highest BCUT2D eigenvalue weighted by atomic mass is 16.1. The zero-order valence-corrected chi connectivity index (χ0v) is 16.1. The standard InChI is InChI=1S/C25H28O/c1-25(2,3)24(26)22-17-11-10-16-21(22)23(20-14-8-5-9-15-20)18-19-12-6-4-7-13-19/h4-9,12-15,18H,10-11,16-17H2,1-3H3/b23-18-. The van der Waals surface area contributed by atoms with Crippen molar-refractivity contribution in [1.82, 2.24) is 0 Å². The number of Topliss-reactive ketones (excluding diaryl/α,β-unsaturated/α-hetero) is 1. The Bertz CT molecular complexity index is 817. The third-order valence-electron chi connectivity index (χ3n) is 4.94. The fraction of sp³-hybridized carbons (Fsp3) is 0.320. The average Bonchev–Trinajstić information content (AvgIpc) is 2.66. The Balaban J connectivity index is 2.18.